The summed E-state index contributed by atoms with van der Waals surface area (Å²) in [4.78, 5) is 25.3. The van der Waals surface area contributed by atoms with Crippen molar-refractivity contribution < 1.29 is 34.0 Å². The van der Waals surface area contributed by atoms with Gasteiger partial charge in [-0.3, -0.25) is 9.59 Å². The van der Waals surface area contributed by atoms with E-state index in [4.69, 9.17) is 4.74 Å². The second-order valence-electron chi connectivity index (χ2n) is 6.21. The molecule has 0 radical (unpaired) electrons. The maximum Gasteiger partial charge on any atom is 0.260 e. The largest absolute Gasteiger partial charge is 0.382 e. The molecule has 142 valence electrons. The van der Waals surface area contributed by atoms with Gasteiger partial charge in [0.25, 0.3) is 4.70 Å². The highest BCUT2D eigenvalue weighted by Crippen LogP contribution is 2.46. The molecular weight excluding hydrogens is 423 g/mol. The minimum atomic E-state index is -3.00. The summed E-state index contributed by atoms with van der Waals surface area (Å²) in [6, 6.07) is 14.9. The van der Waals surface area contributed by atoms with E-state index >= 15 is 0 Å². The van der Waals surface area contributed by atoms with Crippen LogP contribution < -0.4 is 0 Å². The number of carbonyl (C=O) groups is 2. The Morgan fingerprint density at radius 3 is 2.00 bits per heavy atom. The molecule has 6 nitrogen and oxygen atoms in total. The first kappa shape index (κ1) is 19.8. The first-order chi connectivity index (χ1) is 12.7. The van der Waals surface area contributed by atoms with Crippen LogP contribution in [0.15, 0.2) is 60.7 Å². The molecule has 2 aromatic carbocycles. The Labute approximate surface area is 162 Å². The highest BCUT2D eigenvalue weighted by Gasteiger charge is 2.69. The number of aliphatic hydroxyl groups is 3. The van der Waals surface area contributed by atoms with Crippen molar-refractivity contribution in [1.82, 2.24) is 0 Å². The van der Waals surface area contributed by atoms with Gasteiger partial charge in [0.05, 0.1) is 0 Å². The van der Waals surface area contributed by atoms with Crippen LogP contribution in [0.4, 0.5) is 4.39 Å². The predicted octanol–water partition coefficient (Wildman–Crippen LogP) is 1.62. The van der Waals surface area contributed by atoms with E-state index in [2.05, 4.69) is 15.9 Å². The fraction of sp³-hybridized carbons (Fsp3) is 0.263. The molecule has 3 rings (SSSR count). The molecule has 0 aliphatic carbocycles. The number of ketones is 2. The van der Waals surface area contributed by atoms with Gasteiger partial charge in [0.1, 0.15) is 12.2 Å². The molecule has 0 saturated carbocycles. The third-order valence-corrected chi connectivity index (χ3v) is 5.03. The zero-order chi connectivity index (χ0) is 19.8. The number of rotatable bonds is 5. The summed E-state index contributed by atoms with van der Waals surface area (Å²) in [6.07, 6.45) is -6.81. The molecule has 1 saturated heterocycles. The lowest BCUT2D eigenvalue weighted by Crippen LogP contribution is -2.58. The number of hydrogen-bond acceptors (Lipinski definition) is 6. The van der Waals surface area contributed by atoms with Gasteiger partial charge in [-0.1, -0.05) is 60.7 Å². The number of Topliss-reactive ketones (excluding diaryl/α,β-unsaturated/α-hetero) is 2. The summed E-state index contributed by atoms with van der Waals surface area (Å²) in [7, 11) is 0. The topological polar surface area (TPSA) is 104 Å². The maximum atomic E-state index is 14.8. The molecule has 1 heterocycles. The lowest BCUT2D eigenvalue weighted by molar-refractivity contribution is -0.153. The highest BCUT2D eigenvalue weighted by atomic mass is 79.9. The summed E-state index contributed by atoms with van der Waals surface area (Å²) in [5.74, 6) is -2.02. The van der Waals surface area contributed by atoms with Crippen molar-refractivity contribution in [3.63, 3.8) is 0 Å². The standard InChI is InChI=1S/C19H16BrFO6/c20-19(26)17(21)18(25,15(24)12-9-5-2-6-10-12)16(27-19)14(23)13(22)11-7-3-1-4-8-11/h1-10,14,16-17,23,25-26H/t14?,16-,17+,18-,19-/m1/s1. The summed E-state index contributed by atoms with van der Waals surface area (Å²) >= 11 is 2.56. The number of ether oxygens (including phenoxy) is 1. The van der Waals surface area contributed by atoms with Gasteiger partial charge in [-0.2, -0.15) is 0 Å². The Bertz CT molecular complexity index is 844. The van der Waals surface area contributed by atoms with E-state index in [1.54, 1.807) is 24.3 Å². The second kappa shape index (κ2) is 7.21. The highest BCUT2D eigenvalue weighted by molar-refractivity contribution is 9.10. The minimum Gasteiger partial charge on any atom is -0.382 e. The fourth-order valence-electron chi connectivity index (χ4n) is 3.02. The van der Waals surface area contributed by atoms with Crippen LogP contribution in [0.1, 0.15) is 20.7 Å². The zero-order valence-corrected chi connectivity index (χ0v) is 15.4. The van der Waals surface area contributed by atoms with E-state index in [1.807, 2.05) is 0 Å². The first-order valence-electron chi connectivity index (χ1n) is 8.02. The van der Waals surface area contributed by atoms with Gasteiger partial charge in [0.2, 0.25) is 6.17 Å². The molecule has 0 bridgehead atoms. The van der Waals surface area contributed by atoms with Crippen molar-refractivity contribution in [2.75, 3.05) is 0 Å². The van der Waals surface area contributed by atoms with Gasteiger partial charge >= 0.3 is 0 Å². The van der Waals surface area contributed by atoms with Gasteiger partial charge in [0, 0.05) is 11.1 Å². The summed E-state index contributed by atoms with van der Waals surface area (Å²) < 4.78 is 17.1. The number of aliphatic hydroxyl groups excluding tert-OH is 1. The van der Waals surface area contributed by atoms with Crippen LogP contribution in [0.5, 0.6) is 0 Å². The molecule has 0 spiro atoms. The SMILES string of the molecule is O=C(c1ccccc1)C(O)[C@H]1O[C@@](O)(Br)[C@@H](F)[C@@]1(O)C(=O)c1ccccc1. The van der Waals surface area contributed by atoms with Gasteiger partial charge in [-0.25, -0.2) is 4.39 Å². The van der Waals surface area contributed by atoms with Gasteiger partial charge in [0.15, 0.2) is 17.2 Å². The van der Waals surface area contributed by atoms with Crippen LogP contribution in [0.25, 0.3) is 0 Å². The molecule has 1 aliphatic heterocycles. The van der Waals surface area contributed by atoms with E-state index in [9.17, 15) is 29.3 Å². The molecule has 1 fully saturated rings. The molecule has 1 unspecified atom stereocenters. The second-order valence-corrected chi connectivity index (χ2v) is 7.34. The number of halogens is 2. The normalized spacial score (nSPS) is 31.4. The lowest BCUT2D eigenvalue weighted by Gasteiger charge is -2.30. The lowest BCUT2D eigenvalue weighted by atomic mass is 9.81. The van der Waals surface area contributed by atoms with Crippen molar-refractivity contribution in [2.24, 2.45) is 0 Å². The maximum absolute atomic E-state index is 14.8. The van der Waals surface area contributed by atoms with Crippen LogP contribution in [0, 0.1) is 0 Å². The first-order valence-corrected chi connectivity index (χ1v) is 8.81. The number of hydrogen-bond donors (Lipinski definition) is 3. The van der Waals surface area contributed by atoms with Crippen molar-refractivity contribution >= 4 is 27.5 Å². The number of alkyl halides is 2. The Morgan fingerprint density at radius 1 is 1.00 bits per heavy atom. The zero-order valence-electron chi connectivity index (χ0n) is 13.8. The van der Waals surface area contributed by atoms with E-state index in [0.29, 0.717) is 0 Å². The molecule has 8 heteroatoms. The third kappa shape index (κ3) is 3.35. The Kier molecular flexibility index (Phi) is 5.29. The summed E-state index contributed by atoms with van der Waals surface area (Å²) in [5, 5.41) is 31.4. The van der Waals surface area contributed by atoms with Crippen LogP contribution in [0.2, 0.25) is 0 Å². The van der Waals surface area contributed by atoms with Crippen LogP contribution in [-0.2, 0) is 4.74 Å². The van der Waals surface area contributed by atoms with Crippen LogP contribution in [-0.4, -0.2) is 55.6 Å². The number of carbonyl (C=O) groups excluding carboxylic acids is 2. The van der Waals surface area contributed by atoms with Crippen LogP contribution >= 0.6 is 15.9 Å². The van der Waals surface area contributed by atoms with Crippen molar-refractivity contribution in [3.8, 4) is 0 Å². The van der Waals surface area contributed by atoms with Crippen molar-refractivity contribution in [2.45, 2.75) is 28.7 Å². The molecule has 3 N–H and O–H groups in total. The molecule has 5 atom stereocenters. The van der Waals surface area contributed by atoms with Gasteiger partial charge in [-0.05, 0) is 15.9 Å². The Balaban J connectivity index is 2.01. The average Bonchev–Trinajstić information content (AvgIpc) is 2.88. The molecular formula is C19H16BrFO6. The molecule has 1 aliphatic rings. The molecule has 2 aromatic rings. The average molecular weight is 439 g/mol. The molecule has 27 heavy (non-hydrogen) atoms. The van der Waals surface area contributed by atoms with E-state index in [-0.39, 0.29) is 11.1 Å². The fourth-order valence-corrected chi connectivity index (χ4v) is 3.57. The van der Waals surface area contributed by atoms with Crippen molar-refractivity contribution in [3.05, 3.63) is 71.8 Å². The van der Waals surface area contributed by atoms with E-state index in [0.717, 1.165) is 0 Å². The van der Waals surface area contributed by atoms with Gasteiger partial charge < -0.3 is 20.1 Å². The molecule has 0 aromatic heterocycles. The Morgan fingerprint density at radius 2 is 1.48 bits per heavy atom. The summed E-state index contributed by atoms with van der Waals surface area (Å²) in [6.45, 7) is 0. The predicted molar refractivity (Wildman–Crippen MR) is 96.1 cm³/mol. The van der Waals surface area contributed by atoms with Crippen LogP contribution in [0.3, 0.4) is 0 Å². The van der Waals surface area contributed by atoms with E-state index in [1.165, 1.54) is 36.4 Å². The third-order valence-electron chi connectivity index (χ3n) is 4.44. The Hall–Kier alpha value is -1.97. The summed E-state index contributed by atoms with van der Waals surface area (Å²) in [5.41, 5.74) is -2.99. The monoisotopic (exact) mass is 438 g/mol. The van der Waals surface area contributed by atoms with Gasteiger partial charge in [-0.15, -0.1) is 0 Å². The minimum absolute atomic E-state index is 0.0687. The molecule has 0 amide bonds. The number of benzene rings is 2. The van der Waals surface area contributed by atoms with Crippen molar-refractivity contribution in [1.29, 1.82) is 0 Å². The quantitative estimate of drug-likeness (QED) is 0.484. The van der Waals surface area contributed by atoms with E-state index < -0.39 is 40.2 Å². The smallest absolute Gasteiger partial charge is 0.260 e.